The van der Waals surface area contributed by atoms with Gasteiger partial charge in [-0.05, 0) is 25.7 Å². The molecule has 18 heavy (non-hydrogen) atoms. The lowest BCUT2D eigenvalue weighted by Crippen LogP contribution is -2.08. The lowest BCUT2D eigenvalue weighted by molar-refractivity contribution is 0.708. The van der Waals surface area contributed by atoms with Gasteiger partial charge in [-0.25, -0.2) is 15.0 Å². The first kappa shape index (κ1) is 11.1. The molecule has 3 rings (SSSR count). The number of fused-ring (bicyclic) bond motifs is 1. The maximum Gasteiger partial charge on any atom is 0.143 e. The number of rotatable bonds is 3. The van der Waals surface area contributed by atoms with Crippen molar-refractivity contribution >= 4 is 5.82 Å². The highest BCUT2D eigenvalue weighted by molar-refractivity contribution is 5.46. The van der Waals surface area contributed by atoms with Gasteiger partial charge in [0.1, 0.15) is 24.3 Å². The van der Waals surface area contributed by atoms with E-state index in [1.165, 1.54) is 36.8 Å². The van der Waals surface area contributed by atoms with Crippen LogP contribution in [0.3, 0.4) is 0 Å². The number of aryl methyl sites for hydroxylation is 1. The van der Waals surface area contributed by atoms with Crippen molar-refractivity contribution in [3.63, 3.8) is 0 Å². The Morgan fingerprint density at radius 1 is 1.06 bits per heavy atom. The molecule has 0 saturated heterocycles. The molecule has 1 aliphatic carbocycles. The topological polar surface area (TPSA) is 79.4 Å². The Bertz CT molecular complexity index is 507. The number of anilines is 1. The molecule has 2 heterocycles. The summed E-state index contributed by atoms with van der Waals surface area (Å²) in [5.74, 6) is 1.76. The van der Waals surface area contributed by atoms with Gasteiger partial charge < -0.3 is 5.32 Å². The fraction of sp³-hybridized carbons (Fsp3) is 0.500. The quantitative estimate of drug-likeness (QED) is 0.799. The molecule has 0 saturated carbocycles. The van der Waals surface area contributed by atoms with Crippen LogP contribution in [-0.2, 0) is 19.4 Å². The first-order valence-electron chi connectivity index (χ1n) is 6.34. The van der Waals surface area contributed by atoms with Crippen LogP contribution in [0.1, 0.15) is 36.3 Å². The third kappa shape index (κ3) is 2.32. The average molecular weight is 244 g/mol. The molecule has 94 valence electrons. The summed E-state index contributed by atoms with van der Waals surface area (Å²) in [6, 6.07) is 0. The summed E-state index contributed by atoms with van der Waals surface area (Å²) >= 11 is 0. The Balaban J connectivity index is 1.79. The number of nitrogens with one attached hydrogen (secondary N) is 2. The predicted octanol–water partition coefficient (Wildman–Crippen LogP) is 1.48. The number of H-pyrrole nitrogens is 1. The molecule has 0 aromatic carbocycles. The van der Waals surface area contributed by atoms with Crippen LogP contribution in [-0.4, -0.2) is 25.1 Å². The lowest BCUT2D eigenvalue weighted by atomic mass is 10.1. The van der Waals surface area contributed by atoms with Gasteiger partial charge in [-0.3, -0.25) is 5.10 Å². The Hall–Kier alpha value is -1.98. The SMILES string of the molecule is c1n[nH]c(CNc2ncnc3c2CCCCC3)n1. The predicted molar refractivity (Wildman–Crippen MR) is 67.0 cm³/mol. The molecule has 0 bridgehead atoms. The van der Waals surface area contributed by atoms with Crippen LogP contribution in [0.15, 0.2) is 12.7 Å². The van der Waals surface area contributed by atoms with E-state index in [4.69, 9.17) is 0 Å². The van der Waals surface area contributed by atoms with Crippen molar-refractivity contribution in [1.82, 2.24) is 25.1 Å². The number of aromatic nitrogens is 5. The standard InChI is InChI=1S/C12H16N6/c1-2-4-9-10(5-3-1)14-7-16-12(9)13-6-11-15-8-17-18-11/h7-8H,1-6H2,(H,13,14,16)(H,15,17,18). The van der Waals surface area contributed by atoms with Crippen LogP contribution in [0.25, 0.3) is 0 Å². The zero-order chi connectivity index (χ0) is 12.2. The van der Waals surface area contributed by atoms with Gasteiger partial charge in [-0.1, -0.05) is 6.42 Å². The number of nitrogens with zero attached hydrogens (tertiary/aromatic N) is 4. The summed E-state index contributed by atoms with van der Waals surface area (Å²) in [5.41, 5.74) is 2.47. The van der Waals surface area contributed by atoms with Gasteiger partial charge in [0, 0.05) is 11.3 Å². The van der Waals surface area contributed by atoms with E-state index in [1.54, 1.807) is 6.33 Å². The summed E-state index contributed by atoms with van der Waals surface area (Å²) in [5, 5.41) is 9.98. The van der Waals surface area contributed by atoms with Gasteiger partial charge in [0.15, 0.2) is 0 Å². The smallest absolute Gasteiger partial charge is 0.143 e. The molecular formula is C12H16N6. The molecule has 0 fully saturated rings. The minimum Gasteiger partial charge on any atom is -0.362 e. The van der Waals surface area contributed by atoms with Crippen molar-refractivity contribution in [2.24, 2.45) is 0 Å². The van der Waals surface area contributed by atoms with Crippen LogP contribution in [0.2, 0.25) is 0 Å². The van der Waals surface area contributed by atoms with Crippen molar-refractivity contribution in [2.75, 3.05) is 5.32 Å². The van der Waals surface area contributed by atoms with Crippen LogP contribution in [0.4, 0.5) is 5.82 Å². The monoisotopic (exact) mass is 244 g/mol. The molecule has 0 radical (unpaired) electrons. The zero-order valence-electron chi connectivity index (χ0n) is 10.2. The summed E-state index contributed by atoms with van der Waals surface area (Å²) < 4.78 is 0. The van der Waals surface area contributed by atoms with Gasteiger partial charge >= 0.3 is 0 Å². The van der Waals surface area contributed by atoms with E-state index < -0.39 is 0 Å². The summed E-state index contributed by atoms with van der Waals surface area (Å²) in [6.45, 7) is 0.615. The van der Waals surface area contributed by atoms with Crippen LogP contribution in [0, 0.1) is 0 Å². The van der Waals surface area contributed by atoms with E-state index in [0.717, 1.165) is 24.5 Å². The summed E-state index contributed by atoms with van der Waals surface area (Å²) in [4.78, 5) is 12.8. The van der Waals surface area contributed by atoms with E-state index in [-0.39, 0.29) is 0 Å². The van der Waals surface area contributed by atoms with Gasteiger partial charge in [0.05, 0.1) is 6.54 Å². The maximum atomic E-state index is 4.40. The zero-order valence-corrected chi connectivity index (χ0v) is 10.2. The highest BCUT2D eigenvalue weighted by atomic mass is 15.2. The second-order valence-electron chi connectivity index (χ2n) is 4.49. The molecule has 2 aromatic heterocycles. The van der Waals surface area contributed by atoms with Crippen molar-refractivity contribution in [2.45, 2.75) is 38.6 Å². The third-order valence-electron chi connectivity index (χ3n) is 3.26. The first-order valence-corrected chi connectivity index (χ1v) is 6.34. The minimum absolute atomic E-state index is 0.615. The Morgan fingerprint density at radius 3 is 2.89 bits per heavy atom. The van der Waals surface area contributed by atoms with Crippen LogP contribution in [0.5, 0.6) is 0 Å². The molecule has 2 N–H and O–H groups in total. The summed E-state index contributed by atoms with van der Waals surface area (Å²) in [6.07, 6.45) is 9.01. The Kier molecular flexibility index (Phi) is 3.16. The Morgan fingerprint density at radius 2 is 2.00 bits per heavy atom. The largest absolute Gasteiger partial charge is 0.362 e. The number of hydrogen-bond acceptors (Lipinski definition) is 5. The molecule has 0 atom stereocenters. The van der Waals surface area contributed by atoms with Gasteiger partial charge in [-0.2, -0.15) is 5.10 Å². The second kappa shape index (κ2) is 5.12. The van der Waals surface area contributed by atoms with Gasteiger partial charge in [0.25, 0.3) is 0 Å². The summed E-state index contributed by atoms with van der Waals surface area (Å²) in [7, 11) is 0. The lowest BCUT2D eigenvalue weighted by Gasteiger charge is -2.11. The van der Waals surface area contributed by atoms with E-state index in [2.05, 4.69) is 30.5 Å². The minimum atomic E-state index is 0.615. The average Bonchev–Trinajstić information content (AvgIpc) is 2.79. The highest BCUT2D eigenvalue weighted by Gasteiger charge is 2.14. The molecule has 6 nitrogen and oxygen atoms in total. The molecule has 0 aliphatic heterocycles. The van der Waals surface area contributed by atoms with Crippen LogP contribution >= 0.6 is 0 Å². The first-order chi connectivity index (χ1) is 8.93. The Labute approximate surface area is 105 Å². The fourth-order valence-electron chi connectivity index (χ4n) is 2.33. The van der Waals surface area contributed by atoms with Crippen molar-refractivity contribution in [1.29, 1.82) is 0 Å². The van der Waals surface area contributed by atoms with Gasteiger partial charge in [-0.15, -0.1) is 0 Å². The van der Waals surface area contributed by atoms with Gasteiger partial charge in [0.2, 0.25) is 0 Å². The molecule has 0 spiro atoms. The molecule has 0 amide bonds. The number of hydrogen-bond donors (Lipinski definition) is 2. The van der Waals surface area contributed by atoms with E-state index in [0.29, 0.717) is 6.54 Å². The normalized spacial score (nSPS) is 14.9. The van der Waals surface area contributed by atoms with Crippen molar-refractivity contribution in [3.05, 3.63) is 29.7 Å². The molecule has 6 heteroatoms. The molecule has 0 unspecified atom stereocenters. The molecular weight excluding hydrogens is 228 g/mol. The maximum absolute atomic E-state index is 4.40. The second-order valence-corrected chi connectivity index (χ2v) is 4.49. The van der Waals surface area contributed by atoms with E-state index >= 15 is 0 Å². The third-order valence-corrected chi connectivity index (χ3v) is 3.26. The highest BCUT2D eigenvalue weighted by Crippen LogP contribution is 2.23. The van der Waals surface area contributed by atoms with Crippen molar-refractivity contribution in [3.8, 4) is 0 Å². The van der Waals surface area contributed by atoms with Crippen LogP contribution < -0.4 is 5.32 Å². The van der Waals surface area contributed by atoms with E-state index in [1.807, 2.05) is 0 Å². The molecule has 2 aromatic rings. The molecule has 1 aliphatic rings. The van der Waals surface area contributed by atoms with E-state index in [9.17, 15) is 0 Å². The fourth-order valence-corrected chi connectivity index (χ4v) is 2.33. The number of aromatic amines is 1. The van der Waals surface area contributed by atoms with Crippen molar-refractivity contribution < 1.29 is 0 Å².